The zero-order valence-corrected chi connectivity index (χ0v) is 19.6. The SMILES string of the molecule is CN1C[C@H](CO)C[C@]2(OC3=NN(c4ccccc4)C4OC4C3)c3cccc4c3c(cn4C)C[C@@H]12. The predicted octanol–water partition coefficient (Wildman–Crippen LogP) is 3.21. The second-order valence-corrected chi connectivity index (χ2v) is 10.3. The number of para-hydroxylation sites is 1. The largest absolute Gasteiger partial charge is 0.466 e. The van der Waals surface area contributed by atoms with E-state index in [1.54, 1.807) is 0 Å². The summed E-state index contributed by atoms with van der Waals surface area (Å²) in [5, 5.41) is 18.4. The lowest BCUT2D eigenvalue weighted by Crippen LogP contribution is -2.61. The number of aryl methyl sites for hydroxylation is 1. The molecule has 2 fully saturated rings. The number of aromatic nitrogens is 1. The predicted molar refractivity (Wildman–Crippen MR) is 131 cm³/mol. The Balaban J connectivity index is 1.36. The van der Waals surface area contributed by atoms with Crippen LogP contribution in [0.4, 0.5) is 5.69 Å². The smallest absolute Gasteiger partial charge is 0.210 e. The topological polar surface area (TPSA) is 65.8 Å². The lowest BCUT2D eigenvalue weighted by molar-refractivity contribution is -0.0975. The van der Waals surface area contributed by atoms with Crippen molar-refractivity contribution in [1.29, 1.82) is 0 Å². The Morgan fingerprint density at radius 2 is 1.97 bits per heavy atom. The van der Waals surface area contributed by atoms with Crippen LogP contribution in [0.1, 0.15) is 24.0 Å². The molecule has 5 atom stereocenters. The van der Waals surface area contributed by atoms with Crippen LogP contribution in [0.15, 0.2) is 59.8 Å². The van der Waals surface area contributed by atoms with Gasteiger partial charge in [0.15, 0.2) is 11.8 Å². The van der Waals surface area contributed by atoms with E-state index in [-0.39, 0.29) is 30.9 Å². The first-order chi connectivity index (χ1) is 16.6. The third kappa shape index (κ3) is 2.90. The molecule has 7 nitrogen and oxygen atoms in total. The molecule has 1 N–H and O–H groups in total. The zero-order chi connectivity index (χ0) is 23.0. The van der Waals surface area contributed by atoms with Gasteiger partial charge in [-0.3, -0.25) is 4.90 Å². The van der Waals surface area contributed by atoms with Gasteiger partial charge in [-0.25, -0.2) is 5.01 Å². The van der Waals surface area contributed by atoms with Crippen molar-refractivity contribution in [2.24, 2.45) is 18.1 Å². The molecule has 7 heteroatoms. The third-order valence-electron chi connectivity index (χ3n) is 8.14. The number of fused-ring (bicyclic) bond motifs is 3. The van der Waals surface area contributed by atoms with Crippen molar-refractivity contribution in [3.8, 4) is 0 Å². The summed E-state index contributed by atoms with van der Waals surface area (Å²) in [5.74, 6) is 0.858. The van der Waals surface area contributed by atoms with E-state index in [2.05, 4.69) is 60.1 Å². The van der Waals surface area contributed by atoms with Crippen LogP contribution in [0.3, 0.4) is 0 Å². The van der Waals surface area contributed by atoms with Crippen LogP contribution in [0.25, 0.3) is 10.9 Å². The number of hydrazone groups is 1. The van der Waals surface area contributed by atoms with Crippen LogP contribution in [0.5, 0.6) is 0 Å². The number of benzene rings is 2. The molecule has 2 aromatic carbocycles. The molecule has 0 spiro atoms. The highest BCUT2D eigenvalue weighted by molar-refractivity contribution is 5.90. The van der Waals surface area contributed by atoms with Gasteiger partial charge in [-0.05, 0) is 49.6 Å². The summed E-state index contributed by atoms with van der Waals surface area (Å²) in [6.45, 7) is 1.01. The molecule has 3 aliphatic heterocycles. The fourth-order valence-electron chi connectivity index (χ4n) is 6.62. The summed E-state index contributed by atoms with van der Waals surface area (Å²) >= 11 is 0. The summed E-state index contributed by atoms with van der Waals surface area (Å²) in [6.07, 6.45) is 4.71. The summed E-state index contributed by atoms with van der Waals surface area (Å²) in [7, 11) is 4.28. The molecule has 0 amide bonds. The van der Waals surface area contributed by atoms with Gasteiger partial charge in [0.25, 0.3) is 0 Å². The fraction of sp³-hybridized carbons (Fsp3) is 0.444. The van der Waals surface area contributed by atoms with Crippen molar-refractivity contribution in [2.45, 2.75) is 43.2 Å². The Morgan fingerprint density at radius 3 is 2.79 bits per heavy atom. The lowest BCUT2D eigenvalue weighted by atomic mass is 9.68. The number of anilines is 1. The summed E-state index contributed by atoms with van der Waals surface area (Å²) in [6, 6.07) is 16.9. The van der Waals surface area contributed by atoms with E-state index < -0.39 is 5.60 Å². The first kappa shape index (κ1) is 20.5. The second-order valence-electron chi connectivity index (χ2n) is 10.3. The van der Waals surface area contributed by atoms with Crippen molar-refractivity contribution in [2.75, 3.05) is 25.2 Å². The Kier molecular flexibility index (Phi) is 4.41. The van der Waals surface area contributed by atoms with Crippen molar-refractivity contribution in [3.63, 3.8) is 0 Å². The Bertz CT molecular complexity index is 1290. The van der Waals surface area contributed by atoms with Crippen molar-refractivity contribution in [1.82, 2.24) is 9.47 Å². The van der Waals surface area contributed by atoms with Crippen LogP contribution in [-0.4, -0.2) is 59.0 Å². The quantitative estimate of drug-likeness (QED) is 0.611. The van der Waals surface area contributed by atoms with E-state index in [1.807, 2.05) is 23.2 Å². The van der Waals surface area contributed by atoms with E-state index in [9.17, 15) is 5.11 Å². The normalized spacial score (nSPS) is 32.2. The molecular weight excluding hydrogens is 428 g/mol. The standard InChI is InChI=1S/C27H30N4O3/c1-29-15-18-11-23-27(13-17(16-32)14-30(23)2,20-9-6-10-21(29)25(18)20)34-24-12-22-26(33-22)31(28-24)19-7-4-3-5-8-19/h3-10,15,17,22-23,26,32H,11-14,16H2,1-2H3/t17-,22?,23-,26?,27+/m1/s1. The first-order valence-electron chi connectivity index (χ1n) is 12.2. The number of epoxide rings is 1. The monoisotopic (exact) mass is 458 g/mol. The average Bonchev–Trinajstić information content (AvgIpc) is 3.57. The summed E-state index contributed by atoms with van der Waals surface area (Å²) in [4.78, 5) is 2.38. The van der Waals surface area contributed by atoms with Gasteiger partial charge in [-0.15, -0.1) is 5.10 Å². The number of rotatable bonds is 3. The molecule has 2 saturated heterocycles. The van der Waals surface area contributed by atoms with Crippen LogP contribution < -0.4 is 5.01 Å². The number of nitrogens with zero attached hydrogens (tertiary/aromatic N) is 4. The van der Waals surface area contributed by atoms with Crippen molar-refractivity contribution < 1.29 is 14.6 Å². The summed E-state index contributed by atoms with van der Waals surface area (Å²) < 4.78 is 15.3. The van der Waals surface area contributed by atoms with Gasteiger partial charge in [0, 0.05) is 42.9 Å². The number of aliphatic hydroxyl groups is 1. The molecule has 0 radical (unpaired) electrons. The Morgan fingerprint density at radius 1 is 1.12 bits per heavy atom. The highest BCUT2D eigenvalue weighted by Crippen LogP contribution is 2.51. The number of aliphatic hydroxyl groups excluding tert-OH is 1. The highest BCUT2D eigenvalue weighted by Gasteiger charge is 2.56. The molecule has 0 bridgehead atoms. The van der Waals surface area contributed by atoms with Crippen LogP contribution in [0.2, 0.25) is 0 Å². The molecule has 3 aromatic rings. The van der Waals surface area contributed by atoms with Gasteiger partial charge in [-0.1, -0.05) is 30.3 Å². The van der Waals surface area contributed by atoms with Gasteiger partial charge in [0.2, 0.25) is 5.90 Å². The maximum absolute atomic E-state index is 10.2. The number of piperidine rings is 1. The van der Waals surface area contributed by atoms with Gasteiger partial charge >= 0.3 is 0 Å². The van der Waals surface area contributed by atoms with E-state index >= 15 is 0 Å². The molecule has 34 heavy (non-hydrogen) atoms. The maximum Gasteiger partial charge on any atom is 0.210 e. The lowest BCUT2D eigenvalue weighted by Gasteiger charge is -2.53. The van der Waals surface area contributed by atoms with Crippen molar-refractivity contribution in [3.05, 3.63) is 65.9 Å². The van der Waals surface area contributed by atoms with Gasteiger partial charge < -0.3 is 19.1 Å². The molecular formula is C27H30N4O3. The zero-order valence-electron chi connectivity index (χ0n) is 19.6. The molecule has 7 rings (SSSR count). The van der Waals surface area contributed by atoms with Gasteiger partial charge in [0.1, 0.15) is 6.10 Å². The average molecular weight is 459 g/mol. The minimum atomic E-state index is -0.572. The van der Waals surface area contributed by atoms with Crippen LogP contribution >= 0.6 is 0 Å². The van der Waals surface area contributed by atoms with Crippen LogP contribution in [-0.2, 0) is 28.5 Å². The number of likely N-dealkylation sites (N-methyl/N-ethyl adjacent to an activating group) is 1. The van der Waals surface area contributed by atoms with Gasteiger partial charge in [-0.2, -0.15) is 0 Å². The molecule has 1 aliphatic carbocycles. The number of ether oxygens (including phenoxy) is 2. The fourth-order valence-corrected chi connectivity index (χ4v) is 6.62. The van der Waals surface area contributed by atoms with E-state index in [4.69, 9.17) is 14.6 Å². The van der Waals surface area contributed by atoms with Crippen LogP contribution in [0, 0.1) is 5.92 Å². The molecule has 2 unspecified atom stereocenters. The molecule has 176 valence electrons. The molecule has 0 saturated carbocycles. The second kappa shape index (κ2) is 7.31. The highest BCUT2D eigenvalue weighted by atomic mass is 16.6. The van der Waals surface area contributed by atoms with E-state index in [1.165, 1.54) is 22.0 Å². The Labute approximate surface area is 199 Å². The number of hydrogen-bond donors (Lipinski definition) is 1. The Hall–Kier alpha value is -2.87. The minimum absolute atomic E-state index is 0.0159. The van der Waals surface area contributed by atoms with Crippen molar-refractivity contribution >= 4 is 22.5 Å². The first-order valence-corrected chi connectivity index (χ1v) is 12.2. The van der Waals surface area contributed by atoms with E-state index in [0.29, 0.717) is 6.42 Å². The van der Waals surface area contributed by atoms with E-state index in [0.717, 1.165) is 31.0 Å². The number of likely N-dealkylation sites (tertiary alicyclic amines) is 1. The molecule has 4 heterocycles. The third-order valence-corrected chi connectivity index (χ3v) is 8.14. The molecule has 1 aromatic heterocycles. The minimum Gasteiger partial charge on any atom is -0.466 e. The van der Waals surface area contributed by atoms with Gasteiger partial charge in [0.05, 0.1) is 18.2 Å². The maximum atomic E-state index is 10.2. The molecule has 4 aliphatic rings. The summed E-state index contributed by atoms with van der Waals surface area (Å²) in [5.41, 5.74) is 4.25. The number of hydrogen-bond acceptors (Lipinski definition) is 6.